The number of alkyl halides is 4. The van der Waals surface area contributed by atoms with Crippen LogP contribution >= 0.6 is 12.4 Å². The van der Waals surface area contributed by atoms with Crippen LogP contribution < -0.4 is 10.5 Å². The number of aliphatic hydroxyl groups is 1. The molecule has 0 spiro atoms. The molecule has 3 nitrogen and oxygen atoms in total. The summed E-state index contributed by atoms with van der Waals surface area (Å²) < 4.78 is 54.6. The minimum Gasteiger partial charge on any atom is -0.428 e. The van der Waals surface area contributed by atoms with Crippen molar-refractivity contribution in [3.8, 4) is 5.75 Å². The number of para-hydroxylation sites is 1. The van der Waals surface area contributed by atoms with E-state index < -0.39 is 35.8 Å². The van der Waals surface area contributed by atoms with E-state index in [0.29, 0.717) is 0 Å². The molecule has 0 amide bonds. The molecule has 0 aliphatic heterocycles. The summed E-state index contributed by atoms with van der Waals surface area (Å²) in [7, 11) is 0. The summed E-state index contributed by atoms with van der Waals surface area (Å²) in [5.41, 5.74) is 5.29. The van der Waals surface area contributed by atoms with Crippen LogP contribution in [0, 0.1) is 5.41 Å². The molecule has 0 bridgehead atoms. The molecule has 0 unspecified atom stereocenters. The Bertz CT molecular complexity index is 480. The van der Waals surface area contributed by atoms with Gasteiger partial charge in [0.05, 0.1) is 12.1 Å². The molecule has 0 aliphatic rings. The molecule has 1 rings (SSSR count). The monoisotopic (exact) mass is 345 g/mol. The fourth-order valence-electron chi connectivity index (χ4n) is 1.75. The highest BCUT2D eigenvalue weighted by Crippen LogP contribution is 2.36. The maximum absolute atomic E-state index is 13.0. The molecule has 0 fully saturated rings. The minimum absolute atomic E-state index is 0. The van der Waals surface area contributed by atoms with E-state index in [1.807, 2.05) is 0 Å². The summed E-state index contributed by atoms with van der Waals surface area (Å²) >= 11 is 0. The number of rotatable bonds is 5. The van der Waals surface area contributed by atoms with Gasteiger partial charge in [-0.1, -0.05) is 39.0 Å². The number of nitrogens with two attached hydrogens (primary N) is 1. The third-order valence-corrected chi connectivity index (χ3v) is 3.01. The van der Waals surface area contributed by atoms with Crippen LogP contribution in [0.3, 0.4) is 0 Å². The Kier molecular flexibility index (Phi) is 7.12. The van der Waals surface area contributed by atoms with Gasteiger partial charge in [-0.3, -0.25) is 0 Å². The first-order chi connectivity index (χ1) is 9.47. The second-order valence-electron chi connectivity index (χ2n) is 5.84. The van der Waals surface area contributed by atoms with E-state index in [0.717, 1.165) is 6.07 Å². The highest BCUT2D eigenvalue weighted by Gasteiger charge is 2.44. The zero-order valence-electron chi connectivity index (χ0n) is 12.4. The summed E-state index contributed by atoms with van der Waals surface area (Å²) in [5.74, 6) is -0.474. The summed E-state index contributed by atoms with van der Waals surface area (Å²) in [5, 5.41) is 10.1. The van der Waals surface area contributed by atoms with Crippen LogP contribution in [-0.2, 0) is 0 Å². The van der Waals surface area contributed by atoms with Gasteiger partial charge in [-0.25, -0.2) is 0 Å². The summed E-state index contributed by atoms with van der Waals surface area (Å²) in [6, 6.07) is 4.28. The highest BCUT2D eigenvalue weighted by atomic mass is 35.5. The number of hydrogen-bond donors (Lipinski definition) is 2. The fourth-order valence-corrected chi connectivity index (χ4v) is 1.75. The van der Waals surface area contributed by atoms with Gasteiger partial charge in [0.25, 0.3) is 0 Å². The van der Waals surface area contributed by atoms with E-state index in [1.54, 1.807) is 20.8 Å². The van der Waals surface area contributed by atoms with Gasteiger partial charge in [0.2, 0.25) is 0 Å². The topological polar surface area (TPSA) is 55.5 Å². The molecular weight excluding hydrogens is 326 g/mol. The van der Waals surface area contributed by atoms with E-state index in [4.69, 9.17) is 5.73 Å². The summed E-state index contributed by atoms with van der Waals surface area (Å²) in [4.78, 5) is 0. The zero-order chi connectivity index (χ0) is 16.4. The van der Waals surface area contributed by atoms with Crippen LogP contribution in [0.4, 0.5) is 17.6 Å². The van der Waals surface area contributed by atoms with E-state index in [-0.39, 0.29) is 18.0 Å². The molecule has 0 aromatic heterocycles. The predicted molar refractivity (Wildman–Crippen MR) is 77.7 cm³/mol. The van der Waals surface area contributed by atoms with Crippen molar-refractivity contribution in [2.24, 2.45) is 11.1 Å². The van der Waals surface area contributed by atoms with Crippen LogP contribution in [0.5, 0.6) is 5.75 Å². The smallest absolute Gasteiger partial charge is 0.428 e. The maximum atomic E-state index is 13.0. The van der Waals surface area contributed by atoms with Gasteiger partial charge < -0.3 is 15.6 Å². The first-order valence-corrected chi connectivity index (χ1v) is 6.34. The predicted octanol–water partition coefficient (Wildman–Crippen LogP) is 3.75. The van der Waals surface area contributed by atoms with Crippen LogP contribution in [-0.4, -0.2) is 23.7 Å². The molecule has 2 atom stereocenters. The Labute approximate surface area is 132 Å². The molecule has 0 saturated heterocycles. The molecule has 0 radical (unpaired) electrons. The van der Waals surface area contributed by atoms with Crippen LogP contribution in [0.1, 0.15) is 32.4 Å². The van der Waals surface area contributed by atoms with Gasteiger partial charge in [0.1, 0.15) is 5.75 Å². The lowest BCUT2D eigenvalue weighted by molar-refractivity contribution is -0.253. The normalized spacial score (nSPS) is 15.2. The molecule has 1 aromatic rings. The fraction of sp³-hybridized carbons (Fsp3) is 0.571. The van der Waals surface area contributed by atoms with Crippen molar-refractivity contribution in [3.63, 3.8) is 0 Å². The van der Waals surface area contributed by atoms with E-state index in [2.05, 4.69) is 4.74 Å². The van der Waals surface area contributed by atoms with Crippen LogP contribution in [0.25, 0.3) is 0 Å². The first-order valence-electron chi connectivity index (χ1n) is 6.34. The van der Waals surface area contributed by atoms with Crippen LogP contribution in [0.2, 0.25) is 0 Å². The van der Waals surface area contributed by atoms with Gasteiger partial charge in [-0.2, -0.15) is 17.6 Å². The summed E-state index contributed by atoms with van der Waals surface area (Å²) in [6.45, 7) is 5.15. The van der Waals surface area contributed by atoms with E-state index >= 15 is 0 Å². The minimum atomic E-state index is -4.62. The van der Waals surface area contributed by atoms with Gasteiger partial charge in [0.15, 0.2) is 0 Å². The summed E-state index contributed by atoms with van der Waals surface area (Å²) in [6.07, 6.45) is -9.65. The third kappa shape index (κ3) is 5.00. The molecule has 128 valence electrons. The van der Waals surface area contributed by atoms with Crippen molar-refractivity contribution >= 4 is 12.4 Å². The van der Waals surface area contributed by atoms with Gasteiger partial charge >= 0.3 is 12.5 Å². The van der Waals surface area contributed by atoms with Crippen molar-refractivity contribution < 1.29 is 27.4 Å². The molecule has 22 heavy (non-hydrogen) atoms. The number of halogens is 5. The Hall–Kier alpha value is -1.05. The molecule has 8 heteroatoms. The van der Waals surface area contributed by atoms with Crippen LogP contribution in [0.15, 0.2) is 24.3 Å². The number of benzene rings is 1. The van der Waals surface area contributed by atoms with E-state index in [1.165, 1.54) is 18.2 Å². The van der Waals surface area contributed by atoms with Gasteiger partial charge in [-0.15, -0.1) is 12.4 Å². The second-order valence-corrected chi connectivity index (χ2v) is 5.84. The Balaban J connectivity index is 0.00000441. The Morgan fingerprint density at radius 3 is 2.09 bits per heavy atom. The molecule has 3 N–H and O–H groups in total. The maximum Gasteiger partial charge on any atom is 0.461 e. The number of ether oxygens (including phenoxy) is 1. The lowest BCUT2D eigenvalue weighted by Crippen LogP contribution is -2.38. The second kappa shape index (κ2) is 7.48. The Morgan fingerprint density at radius 1 is 1.14 bits per heavy atom. The van der Waals surface area contributed by atoms with Crippen molar-refractivity contribution in [1.29, 1.82) is 0 Å². The standard InChI is InChI=1S/C14H19F4NO2.ClH/c1-13(2,3)11(20)10(19)8-6-4-5-7-9(8)21-14(17,18)12(15)16;/h4-7,10-12,20H,19H2,1-3H3;1H/t10-,11-;/m1./s1. The third-order valence-electron chi connectivity index (χ3n) is 3.01. The zero-order valence-corrected chi connectivity index (χ0v) is 13.2. The molecule has 0 saturated carbocycles. The average Bonchev–Trinajstić information content (AvgIpc) is 2.36. The average molecular weight is 346 g/mol. The molecule has 1 aromatic carbocycles. The largest absolute Gasteiger partial charge is 0.461 e. The lowest BCUT2D eigenvalue weighted by atomic mass is 9.82. The van der Waals surface area contributed by atoms with Gasteiger partial charge in [-0.05, 0) is 11.5 Å². The van der Waals surface area contributed by atoms with E-state index in [9.17, 15) is 22.7 Å². The molecule has 0 heterocycles. The van der Waals surface area contributed by atoms with Crippen molar-refractivity contribution in [3.05, 3.63) is 29.8 Å². The first kappa shape index (κ1) is 20.9. The molecule has 0 aliphatic carbocycles. The van der Waals surface area contributed by atoms with Crippen molar-refractivity contribution in [2.75, 3.05) is 0 Å². The SMILES string of the molecule is CC(C)(C)[C@H](O)[C@H](N)c1ccccc1OC(F)(F)C(F)F.Cl. The van der Waals surface area contributed by atoms with Crippen molar-refractivity contribution in [1.82, 2.24) is 0 Å². The number of hydrogen-bond acceptors (Lipinski definition) is 3. The quantitative estimate of drug-likeness (QED) is 0.799. The Morgan fingerprint density at radius 2 is 1.64 bits per heavy atom. The molecular formula is C14H20ClF4NO2. The highest BCUT2D eigenvalue weighted by molar-refractivity contribution is 5.85. The lowest BCUT2D eigenvalue weighted by Gasteiger charge is -2.32. The number of aliphatic hydroxyl groups excluding tert-OH is 1. The van der Waals surface area contributed by atoms with Crippen molar-refractivity contribution in [2.45, 2.75) is 45.5 Å². The van der Waals surface area contributed by atoms with Gasteiger partial charge in [0, 0.05) is 5.56 Å².